The minimum absolute atomic E-state index is 0.213. The van der Waals surface area contributed by atoms with Gasteiger partial charge in [0.1, 0.15) is 0 Å². The third kappa shape index (κ3) is 7.22. The van der Waals surface area contributed by atoms with Crippen LogP contribution in [0, 0.1) is 0 Å². The molecule has 8 nitrogen and oxygen atoms in total. The Bertz CT molecular complexity index is 1040. The van der Waals surface area contributed by atoms with E-state index in [0.717, 1.165) is 17.1 Å². The minimum atomic E-state index is -0.390. The van der Waals surface area contributed by atoms with Crippen LogP contribution in [-0.4, -0.2) is 38.5 Å². The van der Waals surface area contributed by atoms with E-state index in [9.17, 15) is 9.59 Å². The molecule has 0 unspecified atom stereocenters. The quantitative estimate of drug-likeness (QED) is 0.199. The molecule has 166 valence electrons. The Balaban J connectivity index is 1.69. The molecule has 1 aromatic heterocycles. The van der Waals surface area contributed by atoms with Gasteiger partial charge >= 0.3 is 6.03 Å². The van der Waals surface area contributed by atoms with Gasteiger partial charge in [-0.1, -0.05) is 18.2 Å². The van der Waals surface area contributed by atoms with Crippen LogP contribution in [0.1, 0.15) is 16.8 Å². The van der Waals surface area contributed by atoms with Crippen LogP contribution in [0.5, 0.6) is 0 Å². The molecule has 3 rings (SSSR count). The number of anilines is 3. The van der Waals surface area contributed by atoms with Gasteiger partial charge in [0.05, 0.1) is 22.7 Å². The molecule has 0 atom stereocenters. The zero-order valence-electron chi connectivity index (χ0n) is 17.6. The fourth-order valence-electron chi connectivity index (χ4n) is 2.76. The average Bonchev–Trinajstić information content (AvgIpc) is 3.31. The number of benzene rings is 2. The highest BCUT2D eigenvalue weighted by Gasteiger charge is 2.08. The van der Waals surface area contributed by atoms with E-state index in [4.69, 9.17) is 4.74 Å². The first-order valence-electron chi connectivity index (χ1n) is 10.0. The molecule has 0 radical (unpaired) electrons. The van der Waals surface area contributed by atoms with Crippen molar-refractivity contribution >= 4 is 51.7 Å². The van der Waals surface area contributed by atoms with Crippen LogP contribution in [0.2, 0.25) is 0 Å². The van der Waals surface area contributed by atoms with Gasteiger partial charge in [0.2, 0.25) is 0 Å². The molecule has 4 N–H and O–H groups in total. The van der Waals surface area contributed by atoms with Gasteiger partial charge in [0.25, 0.3) is 5.91 Å². The molecule has 0 aliphatic rings. The Morgan fingerprint density at radius 3 is 2.66 bits per heavy atom. The van der Waals surface area contributed by atoms with Gasteiger partial charge in [-0.05, 0) is 54.3 Å². The number of amides is 3. The maximum Gasteiger partial charge on any atom is 0.325 e. The lowest BCUT2D eigenvalue weighted by Gasteiger charge is -2.12. The number of methoxy groups -OCH3 is 1. The number of nitrogens with zero attached hydrogens (tertiary/aromatic N) is 1. The molecule has 0 fully saturated rings. The normalized spacial score (nSPS) is 10.7. The molecule has 32 heavy (non-hydrogen) atoms. The topological polar surface area (TPSA) is 104 Å². The zero-order chi connectivity index (χ0) is 22.6. The molecule has 0 aliphatic heterocycles. The lowest BCUT2D eigenvalue weighted by Crippen LogP contribution is -2.26. The summed E-state index contributed by atoms with van der Waals surface area (Å²) in [7, 11) is 1.66. The molecular weight excluding hydrogens is 426 g/mol. The molecule has 2 aromatic carbocycles. The van der Waals surface area contributed by atoms with Crippen molar-refractivity contribution in [3.05, 3.63) is 71.6 Å². The summed E-state index contributed by atoms with van der Waals surface area (Å²) in [5, 5.41) is 14.1. The summed E-state index contributed by atoms with van der Waals surface area (Å²) in [5.74, 6) is -0.213. The largest absolute Gasteiger partial charge is 0.385 e. The summed E-state index contributed by atoms with van der Waals surface area (Å²) in [6.07, 6.45) is 2.15. The number of hydrogen-bond acceptors (Lipinski definition) is 6. The van der Waals surface area contributed by atoms with Gasteiger partial charge in [-0.3, -0.25) is 15.4 Å². The number of hydrogen-bond donors (Lipinski definition) is 4. The summed E-state index contributed by atoms with van der Waals surface area (Å²) in [6, 6.07) is 17.6. The van der Waals surface area contributed by atoms with Gasteiger partial charge in [-0.15, -0.1) is 11.3 Å². The SMILES string of the molecule is COCCCNc1ccc(NC(=O)c2ccccc2)cc1N=CNC(=O)Nc1cccs1. The van der Waals surface area contributed by atoms with Gasteiger partial charge in [-0.25, -0.2) is 9.79 Å². The number of ether oxygens (including phenoxy) is 1. The molecule has 1 heterocycles. The summed E-state index contributed by atoms with van der Waals surface area (Å²) in [6.45, 7) is 1.33. The van der Waals surface area contributed by atoms with E-state index in [1.165, 1.54) is 17.7 Å². The van der Waals surface area contributed by atoms with Crippen LogP contribution >= 0.6 is 11.3 Å². The second-order valence-corrected chi connectivity index (χ2v) is 7.61. The maximum absolute atomic E-state index is 12.5. The smallest absolute Gasteiger partial charge is 0.325 e. The molecule has 3 aromatic rings. The first-order chi connectivity index (χ1) is 15.7. The predicted molar refractivity (Wildman–Crippen MR) is 130 cm³/mol. The van der Waals surface area contributed by atoms with Crippen molar-refractivity contribution in [3.8, 4) is 0 Å². The highest BCUT2D eigenvalue weighted by molar-refractivity contribution is 7.14. The molecule has 9 heteroatoms. The molecular formula is C23H25N5O3S. The van der Waals surface area contributed by atoms with Crippen LogP contribution in [0.15, 0.2) is 71.0 Å². The van der Waals surface area contributed by atoms with Gasteiger partial charge < -0.3 is 15.4 Å². The van der Waals surface area contributed by atoms with E-state index in [1.807, 2.05) is 41.8 Å². The van der Waals surface area contributed by atoms with E-state index in [2.05, 4.69) is 26.3 Å². The minimum Gasteiger partial charge on any atom is -0.385 e. The number of thiophene rings is 1. The van der Waals surface area contributed by atoms with Crippen molar-refractivity contribution in [2.75, 3.05) is 36.2 Å². The van der Waals surface area contributed by atoms with Crippen LogP contribution in [0.3, 0.4) is 0 Å². The van der Waals surface area contributed by atoms with E-state index in [1.54, 1.807) is 31.4 Å². The Labute approximate surface area is 190 Å². The third-order valence-corrected chi connectivity index (χ3v) is 5.07. The van der Waals surface area contributed by atoms with Gasteiger partial charge in [0.15, 0.2) is 0 Å². The van der Waals surface area contributed by atoms with Crippen molar-refractivity contribution in [1.29, 1.82) is 0 Å². The van der Waals surface area contributed by atoms with Crippen LogP contribution < -0.4 is 21.3 Å². The average molecular weight is 452 g/mol. The lowest BCUT2D eigenvalue weighted by atomic mass is 10.2. The molecule has 0 bridgehead atoms. The molecule has 0 spiro atoms. The number of carbonyl (C=O) groups excluding carboxylic acids is 2. The standard InChI is InChI=1S/C23H25N5O3S/c1-31-13-6-12-24-19-11-10-18(27-22(29)17-7-3-2-4-8-17)15-20(19)25-16-26-23(30)28-21-9-5-14-32-21/h2-5,7-11,14-16,24H,6,12-13H2,1H3,(H,27,29)(H2,25,26,28,30). The van der Waals surface area contributed by atoms with Crippen LogP contribution in [0.25, 0.3) is 0 Å². The first kappa shape index (κ1) is 23.0. The molecule has 0 saturated carbocycles. The number of rotatable bonds is 10. The van der Waals surface area contributed by atoms with Crippen molar-refractivity contribution in [2.24, 2.45) is 4.99 Å². The third-order valence-electron chi connectivity index (χ3n) is 4.29. The fourth-order valence-corrected chi connectivity index (χ4v) is 3.37. The second-order valence-electron chi connectivity index (χ2n) is 6.66. The fraction of sp³-hybridized carbons (Fsp3) is 0.174. The maximum atomic E-state index is 12.5. The molecule has 3 amide bonds. The van der Waals surface area contributed by atoms with Crippen LogP contribution in [-0.2, 0) is 4.74 Å². The number of carbonyl (C=O) groups is 2. The molecule has 0 saturated heterocycles. The second kappa shape index (κ2) is 12.2. The van der Waals surface area contributed by atoms with Gasteiger partial charge in [0, 0.05) is 31.5 Å². The number of nitrogens with one attached hydrogen (secondary N) is 4. The Morgan fingerprint density at radius 2 is 1.91 bits per heavy atom. The van der Waals surface area contributed by atoms with Crippen molar-refractivity contribution in [2.45, 2.75) is 6.42 Å². The molecule has 0 aliphatic carbocycles. The van der Waals surface area contributed by atoms with Gasteiger partial charge in [-0.2, -0.15) is 0 Å². The van der Waals surface area contributed by atoms with Crippen molar-refractivity contribution in [3.63, 3.8) is 0 Å². The summed E-state index contributed by atoms with van der Waals surface area (Å²) in [5.41, 5.74) is 2.50. The highest BCUT2D eigenvalue weighted by atomic mass is 32.1. The summed E-state index contributed by atoms with van der Waals surface area (Å²) in [4.78, 5) is 28.8. The highest BCUT2D eigenvalue weighted by Crippen LogP contribution is 2.28. The number of urea groups is 1. The van der Waals surface area contributed by atoms with Crippen LogP contribution in [0.4, 0.5) is 26.9 Å². The van der Waals surface area contributed by atoms with Crippen molar-refractivity contribution < 1.29 is 14.3 Å². The van der Waals surface area contributed by atoms with E-state index >= 15 is 0 Å². The predicted octanol–water partition coefficient (Wildman–Crippen LogP) is 4.93. The number of aliphatic imine (C=N–C) groups is 1. The zero-order valence-corrected chi connectivity index (χ0v) is 18.4. The van der Waals surface area contributed by atoms with E-state index in [0.29, 0.717) is 30.1 Å². The summed E-state index contributed by atoms with van der Waals surface area (Å²) >= 11 is 1.43. The van der Waals surface area contributed by atoms with Crippen molar-refractivity contribution in [1.82, 2.24) is 5.32 Å². The Kier molecular flexibility index (Phi) is 8.79. The van der Waals surface area contributed by atoms with E-state index in [-0.39, 0.29) is 11.9 Å². The summed E-state index contributed by atoms with van der Waals surface area (Å²) < 4.78 is 5.08. The Morgan fingerprint density at radius 1 is 1.06 bits per heavy atom. The first-order valence-corrected chi connectivity index (χ1v) is 10.9. The lowest BCUT2D eigenvalue weighted by molar-refractivity contribution is 0.102. The Hall–Kier alpha value is -3.69. The van der Waals surface area contributed by atoms with E-state index < -0.39 is 0 Å². The monoisotopic (exact) mass is 451 g/mol.